The maximum Gasteiger partial charge on any atom is 0.110 e. The van der Waals surface area contributed by atoms with E-state index in [9.17, 15) is 0 Å². The van der Waals surface area contributed by atoms with Gasteiger partial charge in [0.1, 0.15) is 5.82 Å². The Hall–Kier alpha value is -1.31. The highest BCUT2D eigenvalue weighted by Gasteiger charge is 2.22. The van der Waals surface area contributed by atoms with Crippen LogP contribution in [0.15, 0.2) is 18.2 Å². The third-order valence-corrected chi connectivity index (χ3v) is 4.06. The summed E-state index contributed by atoms with van der Waals surface area (Å²) in [5.41, 5.74) is 3.60. The average Bonchev–Trinajstić information content (AvgIpc) is 2.72. The third-order valence-electron chi connectivity index (χ3n) is 4.06. The van der Waals surface area contributed by atoms with Crippen molar-refractivity contribution < 1.29 is 0 Å². The Morgan fingerprint density at radius 2 is 1.94 bits per heavy atom. The molecular formula is C15H20N2. The molecule has 90 valence electrons. The number of aromatic nitrogens is 2. The van der Waals surface area contributed by atoms with E-state index >= 15 is 0 Å². The molecule has 17 heavy (non-hydrogen) atoms. The van der Waals surface area contributed by atoms with Crippen LogP contribution >= 0.6 is 0 Å². The van der Waals surface area contributed by atoms with Gasteiger partial charge in [0.25, 0.3) is 0 Å². The molecular weight excluding hydrogens is 208 g/mol. The summed E-state index contributed by atoms with van der Waals surface area (Å²) in [7, 11) is 0. The lowest BCUT2D eigenvalue weighted by atomic mass is 9.83. The number of fused-ring (bicyclic) bond motifs is 1. The van der Waals surface area contributed by atoms with Crippen molar-refractivity contribution in [3.63, 3.8) is 0 Å². The summed E-state index contributed by atoms with van der Waals surface area (Å²) in [4.78, 5) is 8.26. The molecule has 0 atom stereocenters. The van der Waals surface area contributed by atoms with E-state index in [1.54, 1.807) is 0 Å². The zero-order valence-corrected chi connectivity index (χ0v) is 10.7. The molecule has 1 heterocycles. The second kappa shape index (κ2) is 4.17. The van der Waals surface area contributed by atoms with Gasteiger partial charge in [-0.3, -0.25) is 0 Å². The summed E-state index contributed by atoms with van der Waals surface area (Å²) >= 11 is 0. The van der Waals surface area contributed by atoms with E-state index in [1.807, 2.05) is 0 Å². The molecule has 0 aliphatic heterocycles. The summed E-state index contributed by atoms with van der Waals surface area (Å²) in [6.07, 6.45) is 5.28. The summed E-state index contributed by atoms with van der Waals surface area (Å²) < 4.78 is 0. The van der Waals surface area contributed by atoms with Crippen LogP contribution in [0, 0.1) is 12.8 Å². The fraction of sp³-hybridized carbons (Fsp3) is 0.533. The van der Waals surface area contributed by atoms with E-state index in [-0.39, 0.29) is 0 Å². The van der Waals surface area contributed by atoms with Crippen LogP contribution in [-0.4, -0.2) is 9.97 Å². The normalized spacial score (nSPS) is 25.3. The molecule has 1 aromatic carbocycles. The van der Waals surface area contributed by atoms with Gasteiger partial charge in [0.2, 0.25) is 0 Å². The number of nitrogens with zero attached hydrogens (tertiary/aromatic N) is 1. The van der Waals surface area contributed by atoms with E-state index in [0.29, 0.717) is 5.92 Å². The van der Waals surface area contributed by atoms with Gasteiger partial charge >= 0.3 is 0 Å². The summed E-state index contributed by atoms with van der Waals surface area (Å²) in [6.45, 7) is 4.49. The van der Waals surface area contributed by atoms with Gasteiger partial charge in [-0.05, 0) is 43.4 Å². The molecule has 0 saturated heterocycles. The Morgan fingerprint density at radius 3 is 2.71 bits per heavy atom. The molecule has 0 unspecified atom stereocenters. The predicted octanol–water partition coefficient (Wildman–Crippen LogP) is 4.17. The first kappa shape index (κ1) is 10.8. The number of rotatable bonds is 1. The van der Waals surface area contributed by atoms with Gasteiger partial charge in [-0.15, -0.1) is 0 Å². The van der Waals surface area contributed by atoms with Crippen LogP contribution < -0.4 is 0 Å². The van der Waals surface area contributed by atoms with Crippen molar-refractivity contribution in [2.24, 2.45) is 5.92 Å². The Bertz CT molecular complexity index is 519. The Labute approximate surface area is 102 Å². The minimum atomic E-state index is 0.652. The monoisotopic (exact) mass is 228 g/mol. The van der Waals surface area contributed by atoms with Crippen molar-refractivity contribution in [3.8, 4) is 0 Å². The topological polar surface area (TPSA) is 28.7 Å². The SMILES string of the molecule is Cc1ccc2nc(C3CCC(C)CC3)[nH]c2c1. The highest BCUT2D eigenvalue weighted by atomic mass is 14.9. The zero-order valence-electron chi connectivity index (χ0n) is 10.7. The van der Waals surface area contributed by atoms with Gasteiger partial charge in [0.05, 0.1) is 11.0 Å². The van der Waals surface area contributed by atoms with Gasteiger partial charge in [0.15, 0.2) is 0 Å². The van der Waals surface area contributed by atoms with Crippen molar-refractivity contribution in [3.05, 3.63) is 29.6 Å². The Morgan fingerprint density at radius 1 is 1.18 bits per heavy atom. The fourth-order valence-corrected chi connectivity index (χ4v) is 2.87. The lowest BCUT2D eigenvalue weighted by Gasteiger charge is -2.24. The maximum atomic E-state index is 4.75. The van der Waals surface area contributed by atoms with Crippen LogP contribution in [0.2, 0.25) is 0 Å². The van der Waals surface area contributed by atoms with E-state index in [2.05, 4.69) is 37.0 Å². The number of H-pyrrole nitrogens is 1. The number of aromatic amines is 1. The molecule has 0 amide bonds. The van der Waals surface area contributed by atoms with Crippen LogP contribution in [0.5, 0.6) is 0 Å². The molecule has 1 aliphatic rings. The fourth-order valence-electron chi connectivity index (χ4n) is 2.87. The summed E-state index contributed by atoms with van der Waals surface area (Å²) in [6, 6.07) is 6.45. The minimum Gasteiger partial charge on any atom is -0.342 e. The molecule has 2 aromatic rings. The highest BCUT2D eigenvalue weighted by Crippen LogP contribution is 2.34. The number of hydrogen-bond donors (Lipinski definition) is 1. The smallest absolute Gasteiger partial charge is 0.110 e. The van der Waals surface area contributed by atoms with Crippen molar-refractivity contribution in [2.45, 2.75) is 45.4 Å². The standard InChI is InChI=1S/C15H20N2/c1-10-3-6-12(7-4-10)15-16-13-8-5-11(2)9-14(13)17-15/h5,8-10,12H,3-4,6-7H2,1-2H3,(H,16,17). The number of aryl methyl sites for hydroxylation is 1. The zero-order chi connectivity index (χ0) is 11.8. The molecule has 0 spiro atoms. The maximum absolute atomic E-state index is 4.75. The molecule has 1 N–H and O–H groups in total. The first-order valence-corrected chi connectivity index (χ1v) is 6.68. The van der Waals surface area contributed by atoms with Crippen LogP contribution in [0.4, 0.5) is 0 Å². The quantitative estimate of drug-likeness (QED) is 0.780. The lowest BCUT2D eigenvalue weighted by molar-refractivity contribution is 0.341. The average molecular weight is 228 g/mol. The van der Waals surface area contributed by atoms with E-state index in [4.69, 9.17) is 4.98 Å². The molecule has 3 rings (SSSR count). The highest BCUT2D eigenvalue weighted by molar-refractivity contribution is 5.75. The number of nitrogens with one attached hydrogen (secondary N) is 1. The van der Waals surface area contributed by atoms with Gasteiger partial charge in [0, 0.05) is 5.92 Å². The number of imidazole rings is 1. The molecule has 2 heteroatoms. The molecule has 1 saturated carbocycles. The molecule has 2 nitrogen and oxygen atoms in total. The van der Waals surface area contributed by atoms with Crippen molar-refractivity contribution in [1.82, 2.24) is 9.97 Å². The van der Waals surface area contributed by atoms with Gasteiger partial charge in [-0.2, -0.15) is 0 Å². The predicted molar refractivity (Wildman–Crippen MR) is 71.2 cm³/mol. The first-order valence-electron chi connectivity index (χ1n) is 6.68. The molecule has 0 bridgehead atoms. The van der Waals surface area contributed by atoms with Crippen LogP contribution in [0.1, 0.15) is 49.9 Å². The van der Waals surface area contributed by atoms with Crippen LogP contribution in [-0.2, 0) is 0 Å². The number of hydrogen-bond acceptors (Lipinski definition) is 1. The summed E-state index contributed by atoms with van der Waals surface area (Å²) in [5, 5.41) is 0. The summed E-state index contributed by atoms with van der Waals surface area (Å²) in [5.74, 6) is 2.76. The number of benzene rings is 1. The van der Waals surface area contributed by atoms with E-state index < -0.39 is 0 Å². The van der Waals surface area contributed by atoms with Gasteiger partial charge < -0.3 is 4.98 Å². The molecule has 1 aromatic heterocycles. The Kier molecular flexibility index (Phi) is 2.65. The van der Waals surface area contributed by atoms with Crippen molar-refractivity contribution in [2.75, 3.05) is 0 Å². The third kappa shape index (κ3) is 2.08. The lowest BCUT2D eigenvalue weighted by Crippen LogP contribution is -2.11. The molecule has 1 fully saturated rings. The first-order chi connectivity index (χ1) is 8.22. The van der Waals surface area contributed by atoms with Crippen LogP contribution in [0.3, 0.4) is 0 Å². The minimum absolute atomic E-state index is 0.652. The molecule has 1 aliphatic carbocycles. The van der Waals surface area contributed by atoms with E-state index in [1.165, 1.54) is 42.6 Å². The second-order valence-electron chi connectivity index (χ2n) is 5.60. The largest absolute Gasteiger partial charge is 0.342 e. The van der Waals surface area contributed by atoms with E-state index in [0.717, 1.165) is 11.4 Å². The van der Waals surface area contributed by atoms with Crippen molar-refractivity contribution in [1.29, 1.82) is 0 Å². The second-order valence-corrected chi connectivity index (χ2v) is 5.60. The molecule has 0 radical (unpaired) electrons. The van der Waals surface area contributed by atoms with Crippen molar-refractivity contribution >= 4 is 11.0 Å². The van der Waals surface area contributed by atoms with Gasteiger partial charge in [-0.25, -0.2) is 4.98 Å². The Balaban J connectivity index is 1.90. The van der Waals surface area contributed by atoms with Crippen LogP contribution in [0.25, 0.3) is 11.0 Å². The van der Waals surface area contributed by atoms with Gasteiger partial charge in [-0.1, -0.05) is 25.8 Å².